The van der Waals surface area contributed by atoms with Gasteiger partial charge in [0, 0.05) is 25.2 Å². The van der Waals surface area contributed by atoms with Crippen molar-refractivity contribution in [3.8, 4) is 0 Å². The van der Waals surface area contributed by atoms with Gasteiger partial charge in [-0.15, -0.1) is 0 Å². The molecule has 2 nitrogen and oxygen atoms in total. The van der Waals surface area contributed by atoms with E-state index >= 15 is 0 Å². The van der Waals surface area contributed by atoms with Crippen LogP contribution >= 0.6 is 0 Å². The normalized spacial score (nSPS) is 32.6. The Morgan fingerprint density at radius 1 is 1.14 bits per heavy atom. The van der Waals surface area contributed by atoms with E-state index < -0.39 is 0 Å². The number of piperazine rings is 1. The zero-order valence-electron chi connectivity index (χ0n) is 13.3. The van der Waals surface area contributed by atoms with Crippen LogP contribution in [0.2, 0.25) is 0 Å². The number of rotatable bonds is 3. The van der Waals surface area contributed by atoms with E-state index in [-0.39, 0.29) is 5.54 Å². The van der Waals surface area contributed by atoms with Crippen LogP contribution in [0.5, 0.6) is 0 Å². The van der Waals surface area contributed by atoms with Crippen LogP contribution in [0, 0.1) is 5.92 Å². The second-order valence-electron chi connectivity index (χ2n) is 7.80. The smallest absolute Gasteiger partial charge is 0.0558 e. The number of benzene rings is 1. The van der Waals surface area contributed by atoms with Gasteiger partial charge in [-0.25, -0.2) is 0 Å². The summed E-state index contributed by atoms with van der Waals surface area (Å²) in [6.45, 7) is 6.09. The van der Waals surface area contributed by atoms with Gasteiger partial charge in [-0.2, -0.15) is 0 Å². The molecule has 2 aliphatic carbocycles. The second kappa shape index (κ2) is 5.10. The van der Waals surface area contributed by atoms with Gasteiger partial charge < -0.3 is 5.32 Å². The molecule has 1 aromatic carbocycles. The van der Waals surface area contributed by atoms with E-state index in [0.717, 1.165) is 12.5 Å². The van der Waals surface area contributed by atoms with Crippen molar-refractivity contribution >= 4 is 0 Å². The Morgan fingerprint density at radius 2 is 1.86 bits per heavy atom. The molecule has 0 bridgehead atoms. The van der Waals surface area contributed by atoms with Crippen LogP contribution in [0.25, 0.3) is 0 Å². The van der Waals surface area contributed by atoms with Crippen LogP contribution in [0.3, 0.4) is 0 Å². The molecule has 0 aromatic heterocycles. The van der Waals surface area contributed by atoms with Gasteiger partial charge in [0.2, 0.25) is 0 Å². The van der Waals surface area contributed by atoms with Crippen LogP contribution in [-0.4, -0.2) is 30.1 Å². The number of nitrogens with one attached hydrogen (secondary N) is 1. The second-order valence-corrected chi connectivity index (χ2v) is 7.80. The van der Waals surface area contributed by atoms with E-state index in [1.165, 1.54) is 57.2 Å². The van der Waals surface area contributed by atoms with Gasteiger partial charge in [-0.3, -0.25) is 4.90 Å². The lowest BCUT2D eigenvalue weighted by Crippen LogP contribution is -2.67. The first kappa shape index (κ1) is 13.8. The molecule has 4 rings (SSSR count). The molecular formula is C19H28N2. The van der Waals surface area contributed by atoms with Crippen LogP contribution in [0.4, 0.5) is 0 Å². The lowest BCUT2D eigenvalue weighted by Gasteiger charge is -2.53. The quantitative estimate of drug-likeness (QED) is 0.913. The Balaban J connectivity index is 1.62. The third-order valence-corrected chi connectivity index (χ3v) is 6.13. The maximum atomic E-state index is 3.97. The van der Waals surface area contributed by atoms with Gasteiger partial charge in [-0.05, 0) is 44.1 Å². The zero-order valence-corrected chi connectivity index (χ0v) is 13.3. The minimum absolute atomic E-state index is 0.164. The molecule has 3 fully saturated rings. The van der Waals surface area contributed by atoms with E-state index in [4.69, 9.17) is 0 Å². The molecule has 2 heteroatoms. The lowest BCUT2D eigenvalue weighted by molar-refractivity contribution is 0.0104. The molecule has 0 amide bonds. The van der Waals surface area contributed by atoms with E-state index in [1.807, 2.05) is 0 Å². The summed E-state index contributed by atoms with van der Waals surface area (Å²) in [5.74, 6) is 0.963. The Labute approximate surface area is 128 Å². The van der Waals surface area contributed by atoms with Crippen LogP contribution < -0.4 is 5.32 Å². The maximum absolute atomic E-state index is 3.97. The van der Waals surface area contributed by atoms with Crippen molar-refractivity contribution in [3.05, 3.63) is 35.9 Å². The minimum Gasteiger partial charge on any atom is -0.308 e. The number of nitrogens with zero attached hydrogens (tertiary/aromatic N) is 1. The highest BCUT2D eigenvalue weighted by Crippen LogP contribution is 2.42. The topological polar surface area (TPSA) is 15.3 Å². The molecule has 3 aliphatic rings. The summed E-state index contributed by atoms with van der Waals surface area (Å²) in [7, 11) is 0. The Morgan fingerprint density at radius 3 is 2.52 bits per heavy atom. The van der Waals surface area contributed by atoms with Gasteiger partial charge in [-0.1, -0.05) is 43.2 Å². The number of hydrogen-bond acceptors (Lipinski definition) is 2. The van der Waals surface area contributed by atoms with Crippen molar-refractivity contribution in [3.63, 3.8) is 0 Å². The third-order valence-electron chi connectivity index (χ3n) is 6.13. The molecule has 1 N–H and O–H groups in total. The fraction of sp³-hybridized carbons (Fsp3) is 0.684. The first-order chi connectivity index (χ1) is 10.2. The summed E-state index contributed by atoms with van der Waals surface area (Å²) >= 11 is 0. The molecule has 1 aliphatic heterocycles. The largest absolute Gasteiger partial charge is 0.308 e. The molecule has 1 unspecified atom stereocenters. The molecule has 21 heavy (non-hydrogen) atoms. The Bertz CT molecular complexity index is 488. The van der Waals surface area contributed by atoms with Crippen molar-refractivity contribution in [2.24, 2.45) is 5.92 Å². The van der Waals surface area contributed by atoms with E-state index in [2.05, 4.69) is 47.5 Å². The van der Waals surface area contributed by atoms with Gasteiger partial charge in [0.25, 0.3) is 0 Å². The van der Waals surface area contributed by atoms with Crippen molar-refractivity contribution in [2.45, 2.75) is 56.5 Å². The Kier molecular flexibility index (Phi) is 3.35. The van der Waals surface area contributed by atoms with Crippen LogP contribution in [0.1, 0.15) is 51.0 Å². The van der Waals surface area contributed by atoms with E-state index in [9.17, 15) is 0 Å². The summed E-state index contributed by atoms with van der Waals surface area (Å²) in [6, 6.07) is 11.1. The lowest BCUT2D eigenvalue weighted by atomic mass is 9.82. The van der Waals surface area contributed by atoms with Gasteiger partial charge in [0.05, 0.1) is 5.54 Å². The SMILES string of the molecule is CC1(c2ccccc2)CNC2(CCCC2)CN1CC1CC1. The average Bonchev–Trinajstić information content (AvgIpc) is 3.22. The standard InChI is InChI=1S/C19H28N2/c1-18(17-7-3-2-4-8-17)14-20-19(11-5-6-12-19)15-21(18)13-16-9-10-16/h2-4,7-8,16,20H,5-6,9-15H2,1H3. The third kappa shape index (κ3) is 2.53. The molecule has 1 spiro atoms. The minimum atomic E-state index is 0.164. The summed E-state index contributed by atoms with van der Waals surface area (Å²) in [5.41, 5.74) is 2.06. The van der Waals surface area contributed by atoms with Crippen molar-refractivity contribution < 1.29 is 0 Å². The van der Waals surface area contributed by atoms with E-state index in [1.54, 1.807) is 0 Å². The van der Waals surface area contributed by atoms with Crippen LogP contribution in [0.15, 0.2) is 30.3 Å². The fourth-order valence-corrected chi connectivity index (χ4v) is 4.41. The highest BCUT2D eigenvalue weighted by molar-refractivity contribution is 5.26. The molecule has 2 saturated carbocycles. The summed E-state index contributed by atoms with van der Waals surface area (Å²) in [6.07, 6.45) is 8.46. The Hall–Kier alpha value is -0.860. The molecule has 114 valence electrons. The van der Waals surface area contributed by atoms with Crippen molar-refractivity contribution in [1.82, 2.24) is 10.2 Å². The van der Waals surface area contributed by atoms with E-state index in [0.29, 0.717) is 5.54 Å². The van der Waals surface area contributed by atoms with Gasteiger partial charge >= 0.3 is 0 Å². The van der Waals surface area contributed by atoms with Crippen LogP contribution in [-0.2, 0) is 5.54 Å². The van der Waals surface area contributed by atoms with Gasteiger partial charge in [0.1, 0.15) is 0 Å². The zero-order chi connectivity index (χ0) is 14.3. The highest BCUT2D eigenvalue weighted by Gasteiger charge is 2.47. The fourth-order valence-electron chi connectivity index (χ4n) is 4.41. The van der Waals surface area contributed by atoms with Crippen molar-refractivity contribution in [2.75, 3.05) is 19.6 Å². The predicted octanol–water partition coefficient (Wildman–Crippen LogP) is 3.53. The molecule has 0 radical (unpaired) electrons. The monoisotopic (exact) mass is 284 g/mol. The number of hydrogen-bond donors (Lipinski definition) is 1. The average molecular weight is 284 g/mol. The molecule has 1 saturated heterocycles. The summed E-state index contributed by atoms with van der Waals surface area (Å²) in [4.78, 5) is 2.82. The highest BCUT2D eigenvalue weighted by atomic mass is 15.3. The molecule has 1 atom stereocenters. The maximum Gasteiger partial charge on any atom is 0.0558 e. The molecular weight excluding hydrogens is 256 g/mol. The molecule has 1 heterocycles. The summed E-state index contributed by atoms with van der Waals surface area (Å²) in [5, 5.41) is 3.97. The first-order valence-corrected chi connectivity index (χ1v) is 8.76. The van der Waals surface area contributed by atoms with Crippen molar-refractivity contribution in [1.29, 1.82) is 0 Å². The predicted molar refractivity (Wildman–Crippen MR) is 87.3 cm³/mol. The van der Waals surface area contributed by atoms with Gasteiger partial charge in [0.15, 0.2) is 0 Å². The molecule has 1 aromatic rings. The summed E-state index contributed by atoms with van der Waals surface area (Å²) < 4.78 is 0. The first-order valence-electron chi connectivity index (χ1n) is 8.76.